The highest BCUT2D eigenvalue weighted by molar-refractivity contribution is 5.75. The van der Waals surface area contributed by atoms with Crippen LogP contribution >= 0.6 is 0 Å². The van der Waals surface area contributed by atoms with Crippen LogP contribution in [0.2, 0.25) is 0 Å². The minimum absolute atomic E-state index is 0.0517. The Morgan fingerprint density at radius 2 is 2.00 bits per heavy atom. The van der Waals surface area contributed by atoms with Crippen molar-refractivity contribution >= 4 is 5.91 Å². The maximum Gasteiger partial charge on any atom is 0.222 e. The lowest BCUT2D eigenvalue weighted by molar-refractivity contribution is -0.122. The second-order valence-electron chi connectivity index (χ2n) is 4.88. The monoisotopic (exact) mass is 288 g/mol. The first-order chi connectivity index (χ1) is 9.83. The molecule has 1 amide bonds. The number of methoxy groups -OCH3 is 1. The molecule has 1 fully saturated rings. The summed E-state index contributed by atoms with van der Waals surface area (Å²) in [5.74, 6) is 0.0517. The summed E-state index contributed by atoms with van der Waals surface area (Å²) < 4.78 is 15.9. The number of rotatable bonds is 11. The van der Waals surface area contributed by atoms with E-state index in [0.29, 0.717) is 45.5 Å². The van der Waals surface area contributed by atoms with Crippen molar-refractivity contribution in [3.8, 4) is 0 Å². The fourth-order valence-electron chi connectivity index (χ4n) is 2.02. The van der Waals surface area contributed by atoms with Gasteiger partial charge in [0.2, 0.25) is 5.91 Å². The molecular weight excluding hydrogens is 260 g/mol. The third-order valence-electron chi connectivity index (χ3n) is 3.19. The second kappa shape index (κ2) is 12.1. The predicted octanol–water partition coefficient (Wildman–Crippen LogP) is 0.314. The minimum Gasteiger partial charge on any atom is -0.382 e. The highest BCUT2D eigenvalue weighted by Gasteiger charge is 2.13. The lowest BCUT2D eigenvalue weighted by Crippen LogP contribution is -2.33. The molecule has 20 heavy (non-hydrogen) atoms. The van der Waals surface area contributed by atoms with Crippen molar-refractivity contribution in [3.05, 3.63) is 0 Å². The zero-order chi connectivity index (χ0) is 14.5. The molecule has 118 valence electrons. The molecule has 0 saturated carbocycles. The van der Waals surface area contributed by atoms with Crippen molar-refractivity contribution in [1.29, 1.82) is 0 Å². The molecule has 0 radical (unpaired) electrons. The molecule has 0 bridgehead atoms. The quantitative estimate of drug-likeness (QED) is 0.536. The van der Waals surface area contributed by atoms with Gasteiger partial charge in [0.15, 0.2) is 0 Å². The zero-order valence-electron chi connectivity index (χ0n) is 12.5. The maximum absolute atomic E-state index is 11.6. The summed E-state index contributed by atoms with van der Waals surface area (Å²) >= 11 is 0. The van der Waals surface area contributed by atoms with Crippen LogP contribution in [0.25, 0.3) is 0 Å². The number of nitrogens with one attached hydrogen (secondary N) is 2. The van der Waals surface area contributed by atoms with Crippen LogP contribution in [0.1, 0.15) is 25.7 Å². The smallest absolute Gasteiger partial charge is 0.222 e. The number of hydrogen-bond acceptors (Lipinski definition) is 5. The molecule has 0 atom stereocenters. The Labute approximate surface area is 121 Å². The molecule has 0 unspecified atom stereocenters. The Bertz CT molecular complexity index is 245. The first-order valence-electron chi connectivity index (χ1n) is 7.48. The molecule has 1 aliphatic heterocycles. The van der Waals surface area contributed by atoms with Crippen molar-refractivity contribution in [1.82, 2.24) is 10.6 Å². The van der Waals surface area contributed by atoms with Gasteiger partial charge in [-0.2, -0.15) is 0 Å². The van der Waals surface area contributed by atoms with Gasteiger partial charge in [-0.25, -0.2) is 0 Å². The van der Waals surface area contributed by atoms with Crippen LogP contribution in [0, 0.1) is 0 Å². The zero-order valence-corrected chi connectivity index (χ0v) is 12.5. The minimum atomic E-state index is 0.0517. The van der Waals surface area contributed by atoms with Crippen molar-refractivity contribution in [3.63, 3.8) is 0 Å². The van der Waals surface area contributed by atoms with E-state index in [1.165, 1.54) is 0 Å². The number of carbonyl (C=O) groups excluding carboxylic acids is 1. The van der Waals surface area contributed by atoms with E-state index in [-0.39, 0.29) is 5.91 Å². The highest BCUT2D eigenvalue weighted by atomic mass is 16.5. The number of piperidine rings is 1. The average molecular weight is 288 g/mol. The standard InChI is InChI=1S/C14H28N2O4/c1-18-11-12-19-9-2-6-16-14(17)5-10-20-13-3-7-15-8-4-13/h13,15H,2-12H2,1H3,(H,16,17). The van der Waals surface area contributed by atoms with Gasteiger partial charge in [0.05, 0.1) is 25.9 Å². The predicted molar refractivity (Wildman–Crippen MR) is 76.8 cm³/mol. The number of ether oxygens (including phenoxy) is 3. The lowest BCUT2D eigenvalue weighted by atomic mass is 10.1. The normalized spacial score (nSPS) is 16.2. The van der Waals surface area contributed by atoms with E-state index in [9.17, 15) is 4.79 Å². The Hall–Kier alpha value is -0.690. The first kappa shape index (κ1) is 17.4. The molecule has 2 N–H and O–H groups in total. The summed E-state index contributed by atoms with van der Waals surface area (Å²) in [4.78, 5) is 11.6. The van der Waals surface area contributed by atoms with Gasteiger partial charge in [-0.05, 0) is 32.4 Å². The third kappa shape index (κ3) is 9.25. The Morgan fingerprint density at radius 1 is 1.20 bits per heavy atom. The molecule has 1 aliphatic rings. The highest BCUT2D eigenvalue weighted by Crippen LogP contribution is 2.07. The first-order valence-corrected chi connectivity index (χ1v) is 7.48. The van der Waals surface area contributed by atoms with Gasteiger partial charge in [-0.15, -0.1) is 0 Å². The van der Waals surface area contributed by atoms with Crippen LogP contribution in [0.3, 0.4) is 0 Å². The van der Waals surface area contributed by atoms with Crippen molar-refractivity contribution < 1.29 is 19.0 Å². The molecule has 0 aromatic heterocycles. The summed E-state index contributed by atoms with van der Waals surface area (Å²) in [5.41, 5.74) is 0. The fourth-order valence-corrected chi connectivity index (χ4v) is 2.02. The summed E-state index contributed by atoms with van der Waals surface area (Å²) in [6.07, 6.45) is 3.66. The summed E-state index contributed by atoms with van der Waals surface area (Å²) in [5, 5.41) is 6.16. The van der Waals surface area contributed by atoms with E-state index >= 15 is 0 Å². The number of hydrogen-bond donors (Lipinski definition) is 2. The SMILES string of the molecule is COCCOCCCNC(=O)CCOC1CCNCC1. The van der Waals surface area contributed by atoms with Crippen LogP contribution in [0.4, 0.5) is 0 Å². The summed E-state index contributed by atoms with van der Waals surface area (Å²) in [7, 11) is 1.65. The molecule has 0 spiro atoms. The lowest BCUT2D eigenvalue weighted by Gasteiger charge is -2.22. The molecule has 0 aliphatic carbocycles. The fraction of sp³-hybridized carbons (Fsp3) is 0.929. The van der Waals surface area contributed by atoms with Crippen molar-refractivity contribution in [2.75, 3.05) is 53.2 Å². The molecule has 0 aromatic carbocycles. The van der Waals surface area contributed by atoms with Crippen molar-refractivity contribution in [2.24, 2.45) is 0 Å². The number of amides is 1. The van der Waals surface area contributed by atoms with E-state index in [0.717, 1.165) is 32.4 Å². The van der Waals surface area contributed by atoms with E-state index in [1.807, 2.05) is 0 Å². The van der Waals surface area contributed by atoms with Gasteiger partial charge < -0.3 is 24.8 Å². The van der Waals surface area contributed by atoms with E-state index in [1.54, 1.807) is 7.11 Å². The van der Waals surface area contributed by atoms with E-state index in [4.69, 9.17) is 14.2 Å². The van der Waals surface area contributed by atoms with Gasteiger partial charge in [0, 0.05) is 26.7 Å². The van der Waals surface area contributed by atoms with Crippen molar-refractivity contribution in [2.45, 2.75) is 31.8 Å². The molecular formula is C14H28N2O4. The number of carbonyl (C=O) groups is 1. The molecule has 1 saturated heterocycles. The maximum atomic E-state index is 11.6. The Kier molecular flexibility index (Phi) is 10.5. The van der Waals surface area contributed by atoms with Crippen LogP contribution < -0.4 is 10.6 Å². The van der Waals surface area contributed by atoms with Gasteiger partial charge >= 0.3 is 0 Å². The van der Waals surface area contributed by atoms with Gasteiger partial charge in [0.1, 0.15) is 0 Å². The molecule has 0 aromatic rings. The summed E-state index contributed by atoms with van der Waals surface area (Å²) in [6, 6.07) is 0. The van der Waals surface area contributed by atoms with Gasteiger partial charge in [-0.3, -0.25) is 4.79 Å². The third-order valence-corrected chi connectivity index (χ3v) is 3.19. The van der Waals surface area contributed by atoms with Crippen LogP contribution in [-0.4, -0.2) is 65.2 Å². The molecule has 1 rings (SSSR count). The van der Waals surface area contributed by atoms with Crippen LogP contribution in [0.15, 0.2) is 0 Å². The topological polar surface area (TPSA) is 68.8 Å². The largest absolute Gasteiger partial charge is 0.382 e. The van der Waals surface area contributed by atoms with Crippen LogP contribution in [0.5, 0.6) is 0 Å². The van der Waals surface area contributed by atoms with Gasteiger partial charge in [0.25, 0.3) is 0 Å². The van der Waals surface area contributed by atoms with E-state index < -0.39 is 0 Å². The van der Waals surface area contributed by atoms with Crippen LogP contribution in [-0.2, 0) is 19.0 Å². The Morgan fingerprint density at radius 3 is 2.75 bits per heavy atom. The second-order valence-corrected chi connectivity index (χ2v) is 4.88. The van der Waals surface area contributed by atoms with Gasteiger partial charge in [-0.1, -0.05) is 0 Å². The molecule has 6 heteroatoms. The van der Waals surface area contributed by atoms with E-state index in [2.05, 4.69) is 10.6 Å². The molecule has 6 nitrogen and oxygen atoms in total. The average Bonchev–Trinajstić information content (AvgIpc) is 2.47. The Balaban J connectivity index is 1.85. The molecule has 1 heterocycles. The summed E-state index contributed by atoms with van der Waals surface area (Å²) in [6.45, 7) is 5.06.